The number of aromatic nitrogens is 5. The summed E-state index contributed by atoms with van der Waals surface area (Å²) in [6, 6.07) is 0. The zero-order chi connectivity index (χ0) is 14.7. The van der Waals surface area contributed by atoms with Gasteiger partial charge in [0.2, 0.25) is 0 Å². The van der Waals surface area contributed by atoms with Gasteiger partial charge in [-0.15, -0.1) is 10.2 Å². The zero-order valence-electron chi connectivity index (χ0n) is 12.1. The van der Waals surface area contributed by atoms with Crippen LogP contribution in [0.3, 0.4) is 0 Å². The summed E-state index contributed by atoms with van der Waals surface area (Å²) in [6.07, 6.45) is 6.72. The monoisotopic (exact) mass is 289 g/mol. The van der Waals surface area contributed by atoms with Gasteiger partial charge in [0.1, 0.15) is 6.33 Å². The number of hydrogen-bond donors (Lipinski definition) is 1. The number of nitrogens with zero attached hydrogens (tertiary/aromatic N) is 4. The van der Waals surface area contributed by atoms with Crippen molar-refractivity contribution in [2.75, 3.05) is 0 Å². The Labute approximate surface area is 122 Å². The van der Waals surface area contributed by atoms with E-state index in [1.165, 1.54) is 0 Å². The highest BCUT2D eigenvalue weighted by molar-refractivity contribution is 5.89. The molecule has 112 valence electrons. The van der Waals surface area contributed by atoms with Crippen LogP contribution in [-0.2, 0) is 30.7 Å². The number of ether oxygens (including phenoxy) is 1. The van der Waals surface area contributed by atoms with Crippen molar-refractivity contribution in [3.05, 3.63) is 29.1 Å². The molecule has 1 N–H and O–H groups in total. The number of nitrogens with one attached hydrogen (secondary N) is 1. The molecule has 1 aliphatic rings. The Kier molecular flexibility index (Phi) is 3.98. The largest absolute Gasteiger partial charge is 0.453 e. The summed E-state index contributed by atoms with van der Waals surface area (Å²) in [4.78, 5) is 12.2. The van der Waals surface area contributed by atoms with E-state index in [2.05, 4.69) is 27.3 Å². The molecule has 3 rings (SSSR count). The van der Waals surface area contributed by atoms with Crippen LogP contribution in [-0.4, -0.2) is 30.9 Å². The van der Waals surface area contributed by atoms with Gasteiger partial charge in [-0.25, -0.2) is 4.79 Å². The first-order valence-corrected chi connectivity index (χ1v) is 7.39. The summed E-state index contributed by atoms with van der Waals surface area (Å²) >= 11 is 0. The molecule has 0 fully saturated rings. The molecule has 2 heterocycles. The topological polar surface area (TPSA) is 85.7 Å². The quantitative estimate of drug-likeness (QED) is 0.846. The van der Waals surface area contributed by atoms with Crippen LogP contribution in [0.25, 0.3) is 0 Å². The third-order valence-corrected chi connectivity index (χ3v) is 3.74. The predicted octanol–water partition coefficient (Wildman–Crippen LogP) is 1.65. The maximum absolute atomic E-state index is 12.2. The Morgan fingerprint density at radius 3 is 3.14 bits per heavy atom. The summed E-state index contributed by atoms with van der Waals surface area (Å²) in [7, 11) is 0. The average molecular weight is 289 g/mol. The van der Waals surface area contributed by atoms with Crippen molar-refractivity contribution in [1.29, 1.82) is 0 Å². The lowest BCUT2D eigenvalue weighted by atomic mass is 9.96. The molecule has 0 bridgehead atoms. The molecule has 21 heavy (non-hydrogen) atoms. The van der Waals surface area contributed by atoms with E-state index in [4.69, 9.17) is 4.74 Å². The molecule has 2 aromatic heterocycles. The summed E-state index contributed by atoms with van der Waals surface area (Å²) in [5.74, 6) is 0.273. The number of carbonyl (C=O) groups is 1. The third-order valence-electron chi connectivity index (χ3n) is 3.74. The van der Waals surface area contributed by atoms with E-state index in [-0.39, 0.29) is 12.6 Å². The molecule has 1 aliphatic carbocycles. The van der Waals surface area contributed by atoms with Crippen molar-refractivity contribution < 1.29 is 9.53 Å². The van der Waals surface area contributed by atoms with Gasteiger partial charge in [-0.2, -0.15) is 5.10 Å². The Morgan fingerprint density at radius 1 is 1.43 bits per heavy atom. The van der Waals surface area contributed by atoms with Crippen molar-refractivity contribution in [3.63, 3.8) is 0 Å². The predicted molar refractivity (Wildman–Crippen MR) is 74.7 cm³/mol. The molecule has 0 aromatic carbocycles. The molecule has 0 radical (unpaired) electrons. The van der Waals surface area contributed by atoms with Crippen LogP contribution >= 0.6 is 0 Å². The van der Waals surface area contributed by atoms with Gasteiger partial charge in [0.25, 0.3) is 0 Å². The fourth-order valence-corrected chi connectivity index (χ4v) is 2.67. The molecule has 7 nitrogen and oxygen atoms in total. The number of aromatic amines is 1. The van der Waals surface area contributed by atoms with Crippen LogP contribution in [0, 0.1) is 0 Å². The molecule has 0 atom stereocenters. The van der Waals surface area contributed by atoms with Crippen LogP contribution in [0.15, 0.2) is 6.33 Å². The molecular formula is C14H19N5O2. The molecule has 0 aliphatic heterocycles. The van der Waals surface area contributed by atoms with Gasteiger partial charge >= 0.3 is 5.97 Å². The van der Waals surface area contributed by atoms with Crippen LogP contribution in [0.2, 0.25) is 0 Å². The maximum Gasteiger partial charge on any atom is 0.359 e. The minimum atomic E-state index is -0.388. The van der Waals surface area contributed by atoms with E-state index < -0.39 is 0 Å². The fraction of sp³-hybridized carbons (Fsp3) is 0.571. The Bertz CT molecular complexity index is 631. The van der Waals surface area contributed by atoms with E-state index in [0.29, 0.717) is 11.5 Å². The number of carbonyl (C=O) groups excluding carboxylic acids is 1. The standard InChI is InChI=1S/C14H19N5O2/c1-2-7-19-9-15-17-12(19)8-21-14(20)13-10-5-3-4-6-11(10)16-18-13/h9H,2-8H2,1H3,(H,16,18). The van der Waals surface area contributed by atoms with E-state index in [0.717, 1.165) is 49.9 Å². The van der Waals surface area contributed by atoms with Gasteiger partial charge in [-0.3, -0.25) is 5.10 Å². The summed E-state index contributed by atoms with van der Waals surface area (Å²) in [5.41, 5.74) is 2.51. The first kappa shape index (κ1) is 13.8. The highest BCUT2D eigenvalue weighted by Crippen LogP contribution is 2.22. The van der Waals surface area contributed by atoms with E-state index in [1.807, 2.05) is 4.57 Å². The second-order valence-corrected chi connectivity index (χ2v) is 5.25. The van der Waals surface area contributed by atoms with Crippen LogP contribution in [0.1, 0.15) is 53.8 Å². The molecular weight excluding hydrogens is 270 g/mol. The summed E-state index contributed by atoms with van der Waals surface area (Å²) in [6.45, 7) is 3.02. The lowest BCUT2D eigenvalue weighted by molar-refractivity contribution is 0.0449. The van der Waals surface area contributed by atoms with Gasteiger partial charge < -0.3 is 9.30 Å². The molecule has 0 unspecified atom stereocenters. The molecule has 7 heteroatoms. The van der Waals surface area contributed by atoms with Crippen molar-refractivity contribution in [2.24, 2.45) is 0 Å². The van der Waals surface area contributed by atoms with Crippen LogP contribution in [0.4, 0.5) is 0 Å². The number of rotatable bonds is 5. The van der Waals surface area contributed by atoms with Gasteiger partial charge in [-0.05, 0) is 32.1 Å². The number of aryl methyl sites for hydroxylation is 2. The normalized spacial score (nSPS) is 14.0. The van der Waals surface area contributed by atoms with Gasteiger partial charge in [0, 0.05) is 17.8 Å². The molecule has 0 saturated heterocycles. The van der Waals surface area contributed by atoms with Crippen LogP contribution in [0.5, 0.6) is 0 Å². The van der Waals surface area contributed by atoms with Crippen LogP contribution < -0.4 is 0 Å². The van der Waals surface area contributed by atoms with E-state index in [1.54, 1.807) is 6.33 Å². The van der Waals surface area contributed by atoms with E-state index >= 15 is 0 Å². The highest BCUT2D eigenvalue weighted by atomic mass is 16.5. The number of hydrogen-bond acceptors (Lipinski definition) is 5. The molecule has 0 spiro atoms. The Morgan fingerprint density at radius 2 is 2.29 bits per heavy atom. The smallest absolute Gasteiger partial charge is 0.359 e. The van der Waals surface area contributed by atoms with Gasteiger partial charge in [-0.1, -0.05) is 6.92 Å². The first-order valence-electron chi connectivity index (χ1n) is 7.39. The lowest BCUT2D eigenvalue weighted by Crippen LogP contribution is -2.12. The van der Waals surface area contributed by atoms with Gasteiger partial charge in [0.05, 0.1) is 0 Å². The molecule has 0 amide bonds. The number of fused-ring (bicyclic) bond motifs is 1. The Balaban J connectivity index is 1.66. The fourth-order valence-electron chi connectivity index (χ4n) is 2.67. The Hall–Kier alpha value is -2.18. The minimum absolute atomic E-state index is 0.125. The third kappa shape index (κ3) is 2.81. The molecule has 2 aromatic rings. The second-order valence-electron chi connectivity index (χ2n) is 5.25. The number of H-pyrrole nitrogens is 1. The second kappa shape index (κ2) is 6.07. The first-order chi connectivity index (χ1) is 10.3. The average Bonchev–Trinajstić information content (AvgIpc) is 3.12. The summed E-state index contributed by atoms with van der Waals surface area (Å²) < 4.78 is 7.24. The molecule has 0 saturated carbocycles. The SMILES string of the molecule is CCCn1cnnc1COC(=O)c1n[nH]c2c1CCCC2. The van der Waals surface area contributed by atoms with Crippen molar-refractivity contribution in [1.82, 2.24) is 25.0 Å². The van der Waals surface area contributed by atoms with Crippen molar-refractivity contribution >= 4 is 5.97 Å². The van der Waals surface area contributed by atoms with Crippen molar-refractivity contribution in [2.45, 2.75) is 52.2 Å². The highest BCUT2D eigenvalue weighted by Gasteiger charge is 2.23. The number of esters is 1. The minimum Gasteiger partial charge on any atom is -0.453 e. The van der Waals surface area contributed by atoms with Gasteiger partial charge in [0.15, 0.2) is 18.1 Å². The maximum atomic E-state index is 12.2. The lowest BCUT2D eigenvalue weighted by Gasteiger charge is -2.11. The summed E-state index contributed by atoms with van der Waals surface area (Å²) in [5, 5.41) is 14.9. The van der Waals surface area contributed by atoms with E-state index in [9.17, 15) is 4.79 Å². The zero-order valence-corrected chi connectivity index (χ0v) is 12.1. The van der Waals surface area contributed by atoms with Crippen molar-refractivity contribution in [3.8, 4) is 0 Å².